The van der Waals surface area contributed by atoms with Gasteiger partial charge in [0.05, 0.1) is 14.2 Å². The van der Waals surface area contributed by atoms with Gasteiger partial charge in [-0.3, -0.25) is 4.99 Å². The predicted octanol–water partition coefficient (Wildman–Crippen LogP) is 3.90. The van der Waals surface area contributed by atoms with Crippen molar-refractivity contribution in [1.82, 2.24) is 15.6 Å². The second kappa shape index (κ2) is 12.5. The molecule has 0 spiro atoms. The Morgan fingerprint density at radius 1 is 1.07 bits per heavy atom. The number of aromatic nitrogens is 1. The fourth-order valence-electron chi connectivity index (χ4n) is 3.39. The van der Waals surface area contributed by atoms with Crippen molar-refractivity contribution in [3.63, 3.8) is 0 Å². The summed E-state index contributed by atoms with van der Waals surface area (Å²) in [6.07, 6.45) is 6.82. The molecule has 164 valence electrons. The smallest absolute Gasteiger partial charge is 0.213 e. The number of methoxy groups -OCH3 is 2. The van der Waals surface area contributed by atoms with Gasteiger partial charge >= 0.3 is 0 Å². The Morgan fingerprint density at radius 3 is 2.53 bits per heavy atom. The van der Waals surface area contributed by atoms with Crippen molar-refractivity contribution < 1.29 is 14.2 Å². The van der Waals surface area contributed by atoms with E-state index in [0.717, 1.165) is 35.5 Å². The van der Waals surface area contributed by atoms with Crippen LogP contribution in [0.2, 0.25) is 0 Å². The topological polar surface area (TPSA) is 77.0 Å². The van der Waals surface area contributed by atoms with Crippen molar-refractivity contribution >= 4 is 29.9 Å². The molecule has 0 radical (unpaired) electrons. The molecule has 1 aromatic carbocycles. The largest absolute Gasteiger partial charge is 0.497 e. The van der Waals surface area contributed by atoms with Crippen LogP contribution in [0.3, 0.4) is 0 Å². The van der Waals surface area contributed by atoms with Crippen molar-refractivity contribution in [2.45, 2.75) is 44.9 Å². The number of pyridine rings is 1. The molecule has 2 N–H and O–H groups in total. The summed E-state index contributed by atoms with van der Waals surface area (Å²) in [6, 6.07) is 9.74. The zero-order valence-electron chi connectivity index (χ0n) is 17.8. The molecule has 0 aliphatic heterocycles. The molecule has 0 bridgehead atoms. The van der Waals surface area contributed by atoms with Crippen LogP contribution in [0.25, 0.3) is 0 Å². The lowest BCUT2D eigenvalue weighted by molar-refractivity contribution is 0.201. The van der Waals surface area contributed by atoms with E-state index >= 15 is 0 Å². The Morgan fingerprint density at radius 2 is 1.83 bits per heavy atom. The molecule has 1 aliphatic carbocycles. The quantitative estimate of drug-likeness (QED) is 0.309. The number of hydrogen-bond acceptors (Lipinski definition) is 5. The van der Waals surface area contributed by atoms with Crippen molar-refractivity contribution in [3.8, 4) is 17.4 Å². The number of ether oxygens (including phenoxy) is 3. The van der Waals surface area contributed by atoms with Gasteiger partial charge in [-0.25, -0.2) is 4.98 Å². The number of guanidine groups is 1. The minimum Gasteiger partial charge on any atom is -0.497 e. The molecule has 7 nitrogen and oxygen atoms in total. The molecule has 1 aromatic heterocycles. The lowest BCUT2D eigenvalue weighted by Crippen LogP contribution is -2.36. The third-order valence-corrected chi connectivity index (χ3v) is 5.01. The van der Waals surface area contributed by atoms with E-state index in [9.17, 15) is 0 Å². The first-order chi connectivity index (χ1) is 14.2. The summed E-state index contributed by atoms with van der Waals surface area (Å²) in [5, 5.41) is 6.64. The number of benzene rings is 1. The van der Waals surface area contributed by atoms with Crippen LogP contribution in [0, 0.1) is 0 Å². The second-order valence-electron chi connectivity index (χ2n) is 6.98. The van der Waals surface area contributed by atoms with Crippen LogP contribution in [0.5, 0.6) is 17.4 Å². The van der Waals surface area contributed by atoms with Gasteiger partial charge in [-0.15, -0.1) is 24.0 Å². The first kappa shape index (κ1) is 24.0. The standard InChI is InChI=1S/C22H30N4O3.HI/c1-23-22(26-15-17-8-9-19(27-2)13-20(17)28-3)25-14-16-10-11-24-21(12-16)29-18-6-4-5-7-18;/h8-13,18H,4-7,14-15H2,1-3H3,(H2,23,25,26);1H. The monoisotopic (exact) mass is 526 g/mol. The average Bonchev–Trinajstić information content (AvgIpc) is 3.27. The lowest BCUT2D eigenvalue weighted by Gasteiger charge is -2.15. The van der Waals surface area contributed by atoms with E-state index in [1.807, 2.05) is 30.3 Å². The maximum absolute atomic E-state index is 5.99. The second-order valence-corrected chi connectivity index (χ2v) is 6.98. The van der Waals surface area contributed by atoms with E-state index in [4.69, 9.17) is 14.2 Å². The first-order valence-corrected chi connectivity index (χ1v) is 9.99. The van der Waals surface area contributed by atoms with Crippen LogP contribution in [0.1, 0.15) is 36.8 Å². The average molecular weight is 526 g/mol. The van der Waals surface area contributed by atoms with E-state index in [2.05, 4.69) is 20.6 Å². The molecule has 2 aromatic rings. The van der Waals surface area contributed by atoms with Crippen LogP contribution >= 0.6 is 24.0 Å². The molecule has 3 rings (SSSR count). The number of aliphatic imine (C=N–C) groups is 1. The highest BCUT2D eigenvalue weighted by Crippen LogP contribution is 2.24. The van der Waals surface area contributed by atoms with Crippen LogP contribution in [0.15, 0.2) is 41.5 Å². The number of nitrogens with zero attached hydrogens (tertiary/aromatic N) is 2. The van der Waals surface area contributed by atoms with Gasteiger partial charge in [0, 0.05) is 44.0 Å². The highest BCUT2D eigenvalue weighted by Gasteiger charge is 2.17. The Labute approximate surface area is 195 Å². The molecule has 0 amide bonds. The molecule has 1 saturated carbocycles. The fourth-order valence-corrected chi connectivity index (χ4v) is 3.39. The summed E-state index contributed by atoms with van der Waals surface area (Å²) in [6.45, 7) is 1.21. The van der Waals surface area contributed by atoms with E-state index < -0.39 is 0 Å². The Balaban J connectivity index is 0.00000320. The minimum atomic E-state index is 0. The SMILES string of the molecule is CN=C(NCc1ccnc(OC2CCCC2)c1)NCc1ccc(OC)cc1OC.I. The fraction of sp³-hybridized carbons (Fsp3) is 0.455. The third-order valence-electron chi connectivity index (χ3n) is 5.01. The van der Waals surface area contributed by atoms with Crippen molar-refractivity contribution in [2.75, 3.05) is 21.3 Å². The minimum absolute atomic E-state index is 0. The lowest BCUT2D eigenvalue weighted by atomic mass is 10.2. The number of hydrogen-bond donors (Lipinski definition) is 2. The maximum Gasteiger partial charge on any atom is 0.213 e. The van der Waals surface area contributed by atoms with Crippen molar-refractivity contribution in [2.24, 2.45) is 4.99 Å². The van der Waals surface area contributed by atoms with Crippen molar-refractivity contribution in [3.05, 3.63) is 47.7 Å². The predicted molar refractivity (Wildman–Crippen MR) is 129 cm³/mol. The summed E-state index contributed by atoms with van der Waals surface area (Å²) < 4.78 is 16.7. The van der Waals surface area contributed by atoms with Gasteiger partial charge in [-0.1, -0.05) is 0 Å². The third kappa shape index (κ3) is 6.93. The van der Waals surface area contributed by atoms with Gasteiger partial charge < -0.3 is 24.8 Å². The maximum atomic E-state index is 5.99. The number of rotatable bonds is 8. The molecule has 30 heavy (non-hydrogen) atoms. The van der Waals surface area contributed by atoms with Gasteiger partial charge in [0.1, 0.15) is 17.6 Å². The molecular formula is C22H31IN4O3. The molecule has 0 atom stereocenters. The van der Waals surface area contributed by atoms with Gasteiger partial charge in [0.2, 0.25) is 5.88 Å². The van der Waals surface area contributed by atoms with E-state index in [-0.39, 0.29) is 24.0 Å². The highest BCUT2D eigenvalue weighted by molar-refractivity contribution is 14.0. The normalized spacial score (nSPS) is 14.0. The molecule has 1 fully saturated rings. The molecular weight excluding hydrogens is 495 g/mol. The van der Waals surface area contributed by atoms with Crippen LogP contribution in [-0.2, 0) is 13.1 Å². The van der Waals surface area contributed by atoms with Gasteiger partial charge in [-0.05, 0) is 49.4 Å². The van der Waals surface area contributed by atoms with E-state index in [1.54, 1.807) is 27.5 Å². The van der Waals surface area contributed by atoms with Gasteiger partial charge in [-0.2, -0.15) is 0 Å². The van der Waals surface area contributed by atoms with E-state index in [1.165, 1.54) is 12.8 Å². The summed E-state index contributed by atoms with van der Waals surface area (Å²) in [5.74, 6) is 2.94. The Hall–Kier alpha value is -2.23. The van der Waals surface area contributed by atoms with Crippen LogP contribution < -0.4 is 24.8 Å². The summed E-state index contributed by atoms with van der Waals surface area (Å²) in [7, 11) is 5.05. The van der Waals surface area contributed by atoms with Gasteiger partial charge in [0.25, 0.3) is 0 Å². The van der Waals surface area contributed by atoms with Gasteiger partial charge in [0.15, 0.2) is 5.96 Å². The molecule has 8 heteroatoms. The summed E-state index contributed by atoms with van der Waals surface area (Å²) >= 11 is 0. The first-order valence-electron chi connectivity index (χ1n) is 9.99. The molecule has 1 aliphatic rings. The summed E-state index contributed by atoms with van der Waals surface area (Å²) in [4.78, 5) is 8.63. The van der Waals surface area contributed by atoms with Crippen LogP contribution in [-0.4, -0.2) is 38.3 Å². The zero-order chi connectivity index (χ0) is 20.5. The Kier molecular flexibility index (Phi) is 9.99. The number of nitrogens with one attached hydrogen (secondary N) is 2. The Bertz CT molecular complexity index is 826. The molecule has 1 heterocycles. The highest BCUT2D eigenvalue weighted by atomic mass is 127. The zero-order valence-corrected chi connectivity index (χ0v) is 20.1. The number of halogens is 1. The summed E-state index contributed by atoms with van der Waals surface area (Å²) in [5.41, 5.74) is 2.12. The van der Waals surface area contributed by atoms with E-state index in [0.29, 0.717) is 31.0 Å². The van der Waals surface area contributed by atoms with Crippen LogP contribution in [0.4, 0.5) is 0 Å². The molecule has 0 saturated heterocycles. The van der Waals surface area contributed by atoms with Crippen molar-refractivity contribution in [1.29, 1.82) is 0 Å². The molecule has 0 unspecified atom stereocenters.